The summed E-state index contributed by atoms with van der Waals surface area (Å²) in [6.45, 7) is 10.0. The van der Waals surface area contributed by atoms with Gasteiger partial charge < -0.3 is 51.0 Å². The quantitative estimate of drug-likeness (QED) is 0.594. The predicted molar refractivity (Wildman–Crippen MR) is 54.1 cm³/mol. The first-order valence-electron chi connectivity index (χ1n) is 1.41. The van der Waals surface area contributed by atoms with E-state index < -0.39 is 0 Å². The Labute approximate surface area is 116 Å². The molecule has 0 heterocycles. The van der Waals surface area contributed by atoms with Crippen LogP contribution in [0.1, 0.15) is 13.8 Å². The molecule has 0 saturated heterocycles. The van der Waals surface area contributed by atoms with Gasteiger partial charge in [0.15, 0.2) is 0 Å². The average molecular weight is 316 g/mol. The van der Waals surface area contributed by atoms with Gasteiger partial charge >= 0.3 is 52.4 Å². The molecule has 69 valence electrons. The summed E-state index contributed by atoms with van der Waals surface area (Å²) in [5.41, 5.74) is 0. The minimum Gasteiger partial charge on any atom is -0.358 e. The number of hydrogen-bond donors (Lipinski definition) is 0. The maximum Gasteiger partial charge on any atom is 4.00 e. The minimum atomic E-state index is 0. The summed E-state index contributed by atoms with van der Waals surface area (Å²) >= 11 is 0. The van der Waals surface area contributed by atoms with Crippen molar-refractivity contribution in [2.24, 2.45) is 0 Å². The largest absolute Gasteiger partial charge is 4.00 e. The van der Waals surface area contributed by atoms with Crippen molar-refractivity contribution in [1.29, 1.82) is 0 Å². The molecule has 0 N–H and O–H groups in total. The SMILES string of the molecule is [CH2-]C.[CH2-]C.[CH3-].[CH3-].[CH3-].[CH3-].[CH3-].[Zr+3].[Zr+4]. The molecule has 0 unspecified atom stereocenters. The number of rotatable bonds is 0. The Kier molecular flexibility index (Phi) is 4950. The standard InChI is InChI=1S/2C2H5.5CH3.2Zr/c2*1-2;;;;;;;/h2*1H2,2H3;5*1H3;;/q7*-1;+3;+4. The zero-order valence-corrected chi connectivity index (χ0v) is 14.3. The van der Waals surface area contributed by atoms with E-state index in [4.69, 9.17) is 0 Å². The van der Waals surface area contributed by atoms with Gasteiger partial charge in [0.25, 0.3) is 0 Å². The van der Waals surface area contributed by atoms with Gasteiger partial charge in [0.1, 0.15) is 0 Å². The van der Waals surface area contributed by atoms with E-state index in [-0.39, 0.29) is 89.5 Å². The van der Waals surface area contributed by atoms with Crippen molar-refractivity contribution in [2.45, 2.75) is 13.8 Å². The normalized spacial score (nSPS) is 1.09. The fraction of sp³-hybridized carbons (Fsp3) is 0.222. The molecule has 0 bridgehead atoms. The minimum absolute atomic E-state index is 0. The van der Waals surface area contributed by atoms with E-state index in [1.54, 1.807) is 13.8 Å². The van der Waals surface area contributed by atoms with Crippen LogP contribution in [-0.2, 0) is 52.4 Å². The molecule has 0 atom stereocenters. The van der Waals surface area contributed by atoms with Crippen molar-refractivity contribution >= 4 is 0 Å². The van der Waals surface area contributed by atoms with Crippen LogP contribution in [0.2, 0.25) is 0 Å². The van der Waals surface area contributed by atoms with Crippen LogP contribution in [-0.4, -0.2) is 0 Å². The van der Waals surface area contributed by atoms with Gasteiger partial charge in [0.05, 0.1) is 0 Å². The second-order valence-electron chi connectivity index (χ2n) is 0. The van der Waals surface area contributed by atoms with E-state index >= 15 is 0 Å². The summed E-state index contributed by atoms with van der Waals surface area (Å²) in [5.74, 6) is 0. The van der Waals surface area contributed by atoms with Gasteiger partial charge in [-0.05, 0) is 0 Å². The van der Waals surface area contributed by atoms with E-state index in [1.807, 2.05) is 0 Å². The zero-order chi connectivity index (χ0) is 4.00. The maximum atomic E-state index is 3.25. The Balaban J connectivity index is -0.000000000635. The second kappa shape index (κ2) is 437. The van der Waals surface area contributed by atoms with E-state index in [0.29, 0.717) is 0 Å². The molecule has 0 aliphatic carbocycles. The van der Waals surface area contributed by atoms with Crippen molar-refractivity contribution in [3.63, 3.8) is 0 Å². The topological polar surface area (TPSA) is 0 Å². The Bertz CT molecular complexity index is 7.52. The maximum absolute atomic E-state index is 3.25. The van der Waals surface area contributed by atoms with Crippen molar-refractivity contribution in [1.82, 2.24) is 0 Å². The van der Waals surface area contributed by atoms with Crippen LogP contribution < -0.4 is 0 Å². The van der Waals surface area contributed by atoms with Crippen LogP contribution in [0.3, 0.4) is 0 Å². The molecule has 0 fully saturated rings. The van der Waals surface area contributed by atoms with E-state index in [0.717, 1.165) is 0 Å². The van der Waals surface area contributed by atoms with Gasteiger partial charge in [0.2, 0.25) is 0 Å². The van der Waals surface area contributed by atoms with Gasteiger partial charge in [-0.2, -0.15) is 13.8 Å². The van der Waals surface area contributed by atoms with Crippen LogP contribution in [0, 0.1) is 51.0 Å². The molecular weight excluding hydrogens is 291 g/mol. The van der Waals surface area contributed by atoms with Crippen LogP contribution in [0.15, 0.2) is 0 Å². The van der Waals surface area contributed by atoms with Crippen LogP contribution in [0.25, 0.3) is 0 Å². The molecule has 0 nitrogen and oxygen atoms in total. The zero-order valence-electron chi connectivity index (χ0n) is 9.41. The molecule has 0 saturated carbocycles. The third kappa shape index (κ3) is 360. The molecule has 0 spiro atoms. The summed E-state index contributed by atoms with van der Waals surface area (Å²) in [7, 11) is 0. The Morgan fingerprint density at radius 3 is 0.545 bits per heavy atom. The fourth-order valence-corrected chi connectivity index (χ4v) is 0. The third-order valence-electron chi connectivity index (χ3n) is 0. The summed E-state index contributed by atoms with van der Waals surface area (Å²) in [5, 5.41) is 0. The molecule has 11 heavy (non-hydrogen) atoms. The molecule has 0 aromatic rings. The fourth-order valence-electron chi connectivity index (χ4n) is 0. The van der Waals surface area contributed by atoms with Crippen molar-refractivity contribution in [3.05, 3.63) is 51.0 Å². The van der Waals surface area contributed by atoms with E-state index in [9.17, 15) is 0 Å². The van der Waals surface area contributed by atoms with Gasteiger partial charge in [-0.1, -0.05) is 0 Å². The Hall–Kier alpha value is 1.77. The molecule has 2 heteroatoms. The summed E-state index contributed by atoms with van der Waals surface area (Å²) < 4.78 is 0. The summed E-state index contributed by atoms with van der Waals surface area (Å²) in [6, 6.07) is 0. The molecule has 0 aromatic heterocycles. The van der Waals surface area contributed by atoms with Gasteiger partial charge in [-0.3, -0.25) is 0 Å². The van der Waals surface area contributed by atoms with Gasteiger partial charge in [0, 0.05) is 0 Å². The van der Waals surface area contributed by atoms with E-state index in [1.165, 1.54) is 0 Å². The van der Waals surface area contributed by atoms with Gasteiger partial charge in [-0.15, -0.1) is 0 Å². The molecule has 0 aromatic carbocycles. The first-order valence-corrected chi connectivity index (χ1v) is 1.41. The average Bonchev–Trinajstić information content (AvgIpc) is 1.50. The van der Waals surface area contributed by atoms with Crippen molar-refractivity contribution < 1.29 is 52.4 Å². The Morgan fingerprint density at radius 1 is 0.545 bits per heavy atom. The van der Waals surface area contributed by atoms with Crippen LogP contribution in [0.5, 0.6) is 0 Å². The smallest absolute Gasteiger partial charge is 0.358 e. The second-order valence-corrected chi connectivity index (χ2v) is 0. The van der Waals surface area contributed by atoms with Crippen LogP contribution >= 0.6 is 0 Å². The van der Waals surface area contributed by atoms with E-state index in [2.05, 4.69) is 13.8 Å². The molecule has 0 aliphatic heterocycles. The molecule has 1 radical (unpaired) electrons. The predicted octanol–water partition coefficient (Wildman–Crippen LogP) is 3.93. The van der Waals surface area contributed by atoms with Gasteiger partial charge in [-0.25, -0.2) is 0 Å². The monoisotopic (exact) mass is 313 g/mol. The van der Waals surface area contributed by atoms with Crippen molar-refractivity contribution in [2.75, 3.05) is 0 Å². The molecular formula is C9H25Zr2. The Morgan fingerprint density at radius 2 is 0.545 bits per heavy atom. The van der Waals surface area contributed by atoms with Crippen molar-refractivity contribution in [3.8, 4) is 0 Å². The summed E-state index contributed by atoms with van der Waals surface area (Å²) in [4.78, 5) is 0. The first kappa shape index (κ1) is 125. The molecule has 0 amide bonds. The number of hydrogen-bond acceptors (Lipinski definition) is 0. The summed E-state index contributed by atoms with van der Waals surface area (Å²) in [6.07, 6.45) is 0. The molecule has 0 rings (SSSR count). The first-order chi connectivity index (χ1) is 2.00. The molecule has 0 aliphatic rings. The third-order valence-corrected chi connectivity index (χ3v) is 0. The van der Waals surface area contributed by atoms with Crippen LogP contribution in [0.4, 0.5) is 0 Å².